The Morgan fingerprint density at radius 2 is 1.60 bits per heavy atom. The molecule has 0 bridgehead atoms. The second-order valence-corrected chi connectivity index (χ2v) is 13.4. The van der Waals surface area contributed by atoms with Gasteiger partial charge in [-0.05, 0) is 50.1 Å². The molecular weight excluding hydrogens is 727 g/mol. The average molecular weight is 767 g/mol. The number of anilines is 3. The molecule has 17 heteroatoms. The van der Waals surface area contributed by atoms with E-state index in [9.17, 15) is 27.6 Å². The van der Waals surface area contributed by atoms with Gasteiger partial charge < -0.3 is 20.7 Å². The molecule has 3 N–H and O–H groups in total. The molecule has 1 fully saturated rings. The molecule has 0 spiro atoms. The van der Waals surface area contributed by atoms with Crippen LogP contribution in [0, 0.1) is 18.6 Å². The summed E-state index contributed by atoms with van der Waals surface area (Å²) in [5.74, 6) is -6.78. The second kappa shape index (κ2) is 16.4. The third kappa shape index (κ3) is 8.84. The van der Waals surface area contributed by atoms with Crippen molar-refractivity contribution in [1.82, 2.24) is 30.4 Å². The van der Waals surface area contributed by atoms with E-state index in [-0.39, 0.29) is 47.2 Å². The Morgan fingerprint density at radius 1 is 0.927 bits per heavy atom. The van der Waals surface area contributed by atoms with Crippen LogP contribution in [0.2, 0.25) is 0 Å². The first kappa shape index (κ1) is 39.0. The van der Waals surface area contributed by atoms with Gasteiger partial charge in [-0.25, -0.2) is 28.3 Å². The number of fused-ring (bicyclic) bond motifs is 1. The van der Waals surface area contributed by atoms with Crippen LogP contribution in [0.4, 0.5) is 44.2 Å². The highest BCUT2D eigenvalue weighted by atomic mass is 19.4. The van der Waals surface area contributed by atoms with Crippen LogP contribution >= 0.6 is 0 Å². The summed E-state index contributed by atoms with van der Waals surface area (Å²) in [6.07, 6.45) is -5.44. The number of para-hydroxylation sites is 1. The summed E-state index contributed by atoms with van der Waals surface area (Å²) in [6.45, 7) is 9.24. The van der Waals surface area contributed by atoms with Gasteiger partial charge in [0.2, 0.25) is 5.95 Å². The monoisotopic (exact) mass is 766 g/mol. The summed E-state index contributed by atoms with van der Waals surface area (Å²) in [4.78, 5) is 53.4. The highest BCUT2D eigenvalue weighted by molar-refractivity contribution is 6.04. The van der Waals surface area contributed by atoms with Crippen LogP contribution in [-0.4, -0.2) is 89.2 Å². The van der Waals surface area contributed by atoms with Crippen LogP contribution in [0.3, 0.4) is 0 Å². The number of nitrogens with zero attached hydrogens (tertiary/aromatic N) is 5. The maximum Gasteiger partial charge on any atom is 0.491 e. The van der Waals surface area contributed by atoms with Crippen molar-refractivity contribution in [3.05, 3.63) is 94.6 Å². The molecule has 2 aliphatic heterocycles. The van der Waals surface area contributed by atoms with Crippen molar-refractivity contribution >= 4 is 35.4 Å². The summed E-state index contributed by atoms with van der Waals surface area (Å²) in [5.41, 5.74) is -0.0372. The van der Waals surface area contributed by atoms with E-state index in [0.717, 1.165) is 50.9 Å². The van der Waals surface area contributed by atoms with E-state index in [4.69, 9.17) is 4.74 Å². The highest BCUT2D eigenvalue weighted by Gasteiger charge is 2.43. The first-order chi connectivity index (χ1) is 26.2. The van der Waals surface area contributed by atoms with Gasteiger partial charge in [-0.1, -0.05) is 42.5 Å². The first-order valence-electron chi connectivity index (χ1n) is 17.6. The largest absolute Gasteiger partial charge is 0.491 e. The fourth-order valence-electron chi connectivity index (χ4n) is 6.44. The Bertz CT molecular complexity index is 2050. The van der Waals surface area contributed by atoms with E-state index in [1.165, 1.54) is 24.6 Å². The Kier molecular flexibility index (Phi) is 11.6. The minimum atomic E-state index is -5.44. The molecule has 4 aromatic rings. The lowest BCUT2D eigenvalue weighted by atomic mass is 9.95. The minimum Gasteiger partial charge on any atom is -0.418 e. The molecule has 0 atom stereocenters. The highest BCUT2D eigenvalue weighted by Crippen LogP contribution is 2.43. The second-order valence-electron chi connectivity index (χ2n) is 13.4. The Hall–Kier alpha value is -5.68. The summed E-state index contributed by atoms with van der Waals surface area (Å²) >= 11 is 0. The first-order valence-corrected chi connectivity index (χ1v) is 17.6. The zero-order valence-electron chi connectivity index (χ0n) is 30.3. The molecular formula is C38H39F5N8O4. The van der Waals surface area contributed by atoms with Gasteiger partial charge in [0.25, 0.3) is 5.91 Å². The van der Waals surface area contributed by atoms with Crippen LogP contribution < -0.4 is 25.6 Å². The number of urea groups is 1. The molecule has 6 rings (SSSR count). The van der Waals surface area contributed by atoms with Gasteiger partial charge in [0, 0.05) is 63.0 Å². The molecule has 3 heterocycles. The van der Waals surface area contributed by atoms with Gasteiger partial charge in [-0.2, -0.15) is 18.2 Å². The molecule has 1 saturated heterocycles. The van der Waals surface area contributed by atoms with Gasteiger partial charge in [0.1, 0.15) is 17.3 Å². The van der Waals surface area contributed by atoms with Crippen molar-refractivity contribution in [2.45, 2.75) is 46.1 Å². The summed E-state index contributed by atoms with van der Waals surface area (Å²) in [5, 5.41) is 8.21. The molecule has 55 heavy (non-hydrogen) atoms. The fourth-order valence-corrected chi connectivity index (χ4v) is 6.44. The quantitative estimate of drug-likeness (QED) is 0.0967. The Labute approximate surface area is 313 Å². The van der Waals surface area contributed by atoms with Gasteiger partial charge in [-0.3, -0.25) is 14.6 Å². The number of hydrogen-bond donors (Lipinski definition) is 3. The number of ether oxygens (including phenoxy) is 1. The zero-order chi connectivity index (χ0) is 39.4. The third-order valence-corrected chi connectivity index (χ3v) is 9.10. The molecule has 0 aliphatic carbocycles. The van der Waals surface area contributed by atoms with Gasteiger partial charge in [0.05, 0.1) is 17.8 Å². The lowest BCUT2D eigenvalue weighted by Gasteiger charge is -2.34. The van der Waals surface area contributed by atoms with E-state index in [1.54, 1.807) is 13.8 Å². The number of nitrogens with one attached hydrogen (secondary N) is 3. The van der Waals surface area contributed by atoms with Crippen LogP contribution in [-0.2, 0) is 17.9 Å². The van der Waals surface area contributed by atoms with Crippen molar-refractivity contribution in [2.24, 2.45) is 0 Å². The number of aryl methyl sites for hydroxylation is 1. The fraction of sp³-hybridized carbons (Fsp3) is 0.342. The summed E-state index contributed by atoms with van der Waals surface area (Å²) < 4.78 is 76.5. The number of rotatable bonds is 11. The lowest BCUT2D eigenvalue weighted by Crippen LogP contribution is -2.47. The van der Waals surface area contributed by atoms with E-state index in [0.29, 0.717) is 11.4 Å². The molecule has 3 aromatic carbocycles. The average Bonchev–Trinajstić information content (AvgIpc) is 3.13. The van der Waals surface area contributed by atoms with Gasteiger partial charge in [0.15, 0.2) is 11.6 Å². The topological polar surface area (TPSA) is 132 Å². The minimum absolute atomic E-state index is 0.0242. The van der Waals surface area contributed by atoms with Crippen LogP contribution in [0.15, 0.2) is 60.7 Å². The van der Waals surface area contributed by atoms with Gasteiger partial charge in [-0.15, -0.1) is 0 Å². The maximum absolute atomic E-state index is 15.3. The van der Waals surface area contributed by atoms with Crippen molar-refractivity contribution in [1.29, 1.82) is 0 Å². The predicted octanol–water partition coefficient (Wildman–Crippen LogP) is 5.93. The normalized spacial score (nSPS) is 15.1. The number of hydrogen-bond acceptors (Lipinski definition) is 9. The van der Waals surface area contributed by atoms with Crippen LogP contribution in [0.5, 0.6) is 5.75 Å². The van der Waals surface area contributed by atoms with Crippen molar-refractivity contribution in [3.63, 3.8) is 0 Å². The number of piperazine rings is 1. The molecule has 0 saturated carbocycles. The maximum atomic E-state index is 15.3. The molecule has 0 unspecified atom stereocenters. The van der Waals surface area contributed by atoms with Crippen molar-refractivity contribution in [2.75, 3.05) is 49.5 Å². The molecule has 0 radical (unpaired) electrons. The molecule has 2 aliphatic rings. The Balaban J connectivity index is 1.40. The number of aromatic nitrogens is 2. The number of halogens is 5. The SMILES string of the molecule is Cc1ccc(C(=O)NC(C)C)c(OC(=O)C(F)(F)F)c1-c1nc(NCCN2CCN(Cc3ccccc3)CC2)nc2c1CNC(=O)N2c1c(F)cccc1F. The zero-order valence-corrected chi connectivity index (χ0v) is 30.3. The van der Waals surface area contributed by atoms with Crippen molar-refractivity contribution < 1.29 is 41.1 Å². The van der Waals surface area contributed by atoms with Gasteiger partial charge >= 0.3 is 18.2 Å². The lowest BCUT2D eigenvalue weighted by molar-refractivity contribution is -0.189. The molecule has 1 aromatic heterocycles. The number of amides is 3. The third-order valence-electron chi connectivity index (χ3n) is 9.10. The standard InChI is InChI=1S/C38H39F5N8O4/c1-22(2)46-34(52)25-13-12-23(3)29(32(25)55-35(53)38(41,42)43)30-26-20-45-37(54)51(31-27(39)10-7-11-28(31)40)33(26)48-36(47-30)44-14-15-49-16-18-50(19-17-49)21-24-8-5-4-6-9-24/h4-13,22H,14-21H2,1-3H3,(H,45,54)(H,46,52)(H,44,47,48). The smallest absolute Gasteiger partial charge is 0.418 e. The van der Waals surface area contributed by atoms with E-state index in [1.807, 2.05) is 18.2 Å². The van der Waals surface area contributed by atoms with E-state index in [2.05, 4.69) is 47.9 Å². The number of carbonyl (C=O) groups is 3. The Morgan fingerprint density at radius 3 is 2.25 bits per heavy atom. The number of carbonyl (C=O) groups excluding carboxylic acids is 3. The number of esters is 1. The molecule has 12 nitrogen and oxygen atoms in total. The summed E-state index contributed by atoms with van der Waals surface area (Å²) in [6, 6.07) is 14.4. The number of alkyl halides is 3. The van der Waals surface area contributed by atoms with Crippen LogP contribution in [0.1, 0.15) is 40.9 Å². The predicted molar refractivity (Wildman–Crippen MR) is 194 cm³/mol. The molecule has 290 valence electrons. The van der Waals surface area contributed by atoms with E-state index < -0.39 is 58.8 Å². The summed E-state index contributed by atoms with van der Waals surface area (Å²) in [7, 11) is 0. The van der Waals surface area contributed by atoms with Crippen LogP contribution in [0.25, 0.3) is 11.3 Å². The van der Waals surface area contributed by atoms with E-state index >= 15 is 8.78 Å². The van der Waals surface area contributed by atoms with Crippen molar-refractivity contribution in [3.8, 4) is 17.0 Å². The number of benzene rings is 3. The molecule has 3 amide bonds.